The smallest absolute Gasteiger partial charge is 0.265 e. The number of likely N-dealkylation sites (N-methyl/N-ethyl adjacent to an activating group) is 1. The van der Waals surface area contributed by atoms with Gasteiger partial charge in [-0.25, -0.2) is 0 Å². The van der Waals surface area contributed by atoms with Crippen LogP contribution in [0.15, 0.2) is 0 Å². The molecule has 6 nitrogen and oxygen atoms in total. The lowest BCUT2D eigenvalue weighted by Crippen LogP contribution is -2.47. The maximum Gasteiger partial charge on any atom is 0.265 e. The quantitative estimate of drug-likeness (QED) is 0.249. The maximum absolute atomic E-state index is 10.5. The summed E-state index contributed by atoms with van der Waals surface area (Å²) < 4.78 is 15.4. The lowest BCUT2D eigenvalue weighted by Gasteiger charge is -2.32. The van der Waals surface area contributed by atoms with Crippen LogP contribution in [0, 0.1) is 0 Å². The Bertz CT molecular complexity index is 346. The van der Waals surface area contributed by atoms with Gasteiger partial charge in [0.15, 0.2) is 0 Å². The van der Waals surface area contributed by atoms with Crippen molar-refractivity contribution >= 4 is 7.82 Å². The predicted molar refractivity (Wildman–Crippen MR) is 95.5 cm³/mol. The van der Waals surface area contributed by atoms with Gasteiger partial charge in [0.1, 0.15) is 12.6 Å². The highest BCUT2D eigenvalue weighted by molar-refractivity contribution is 7.44. The monoisotopic (exact) mass is 367 g/mol. The van der Waals surface area contributed by atoms with Crippen molar-refractivity contribution in [1.82, 2.24) is 0 Å². The zero-order valence-electron chi connectivity index (χ0n) is 15.8. The standard InChI is InChI=1S/C17H38NO5P/c1-4-5-6-7-8-9-10-11-12-13-14-18(2,3)15-17(19)16-23-24(20,21)22/h17,19H,4-16H2,1-3H3,(H-,20,21,22). The first-order valence-corrected chi connectivity index (χ1v) is 10.8. The van der Waals surface area contributed by atoms with E-state index in [1.807, 2.05) is 14.1 Å². The summed E-state index contributed by atoms with van der Waals surface area (Å²) in [5.74, 6) is 0. The van der Waals surface area contributed by atoms with Gasteiger partial charge >= 0.3 is 0 Å². The Morgan fingerprint density at radius 3 is 1.92 bits per heavy atom. The molecule has 0 amide bonds. The second kappa shape index (κ2) is 13.3. The van der Waals surface area contributed by atoms with Gasteiger partial charge in [0, 0.05) is 0 Å². The van der Waals surface area contributed by atoms with E-state index in [2.05, 4.69) is 11.4 Å². The molecule has 0 rings (SSSR count). The van der Waals surface area contributed by atoms with Crippen molar-refractivity contribution in [2.24, 2.45) is 0 Å². The fourth-order valence-corrected chi connectivity index (χ4v) is 3.28. The number of hydrogen-bond acceptors (Lipinski definition) is 4. The molecule has 0 aliphatic rings. The molecular formula is C17H38NO5P. The van der Waals surface area contributed by atoms with E-state index < -0.39 is 20.5 Å². The van der Waals surface area contributed by atoms with Gasteiger partial charge in [-0.1, -0.05) is 58.3 Å². The lowest BCUT2D eigenvalue weighted by atomic mass is 10.1. The van der Waals surface area contributed by atoms with Crippen molar-refractivity contribution in [3.8, 4) is 0 Å². The number of nitrogens with zero attached hydrogens (tertiary/aromatic N) is 1. The predicted octanol–water partition coefficient (Wildman–Crippen LogP) is 2.82. The Balaban J connectivity index is 3.61. The van der Waals surface area contributed by atoms with E-state index in [4.69, 9.17) is 4.89 Å². The van der Waals surface area contributed by atoms with Crippen molar-refractivity contribution in [3.05, 3.63) is 0 Å². The molecule has 2 atom stereocenters. The molecule has 146 valence electrons. The normalized spacial score (nSPS) is 16.1. The zero-order chi connectivity index (χ0) is 18.5. The fraction of sp³-hybridized carbons (Fsp3) is 1.00. The second-order valence-electron chi connectivity index (χ2n) is 7.44. The van der Waals surface area contributed by atoms with Crippen LogP contribution in [0.4, 0.5) is 0 Å². The van der Waals surface area contributed by atoms with E-state index in [0.717, 1.165) is 13.0 Å². The SMILES string of the molecule is CCCCCCCCCCCC[N+](C)(C)CC(O)COP(=O)([O-])O. The van der Waals surface area contributed by atoms with E-state index in [1.54, 1.807) is 0 Å². The zero-order valence-corrected chi connectivity index (χ0v) is 16.7. The Morgan fingerprint density at radius 2 is 1.46 bits per heavy atom. The summed E-state index contributed by atoms with van der Waals surface area (Å²) in [7, 11) is -0.735. The number of phosphoric ester groups is 1. The number of rotatable bonds is 16. The van der Waals surface area contributed by atoms with Gasteiger partial charge in [0.2, 0.25) is 0 Å². The fourth-order valence-electron chi connectivity index (χ4n) is 2.92. The number of hydrogen-bond donors (Lipinski definition) is 2. The van der Waals surface area contributed by atoms with E-state index >= 15 is 0 Å². The Morgan fingerprint density at radius 1 is 1.00 bits per heavy atom. The largest absolute Gasteiger partial charge is 0.756 e. The molecular weight excluding hydrogens is 329 g/mol. The van der Waals surface area contributed by atoms with E-state index in [9.17, 15) is 14.6 Å². The third-order valence-corrected chi connectivity index (χ3v) is 4.73. The average molecular weight is 367 g/mol. The lowest BCUT2D eigenvalue weighted by molar-refractivity contribution is -0.893. The maximum atomic E-state index is 10.5. The Kier molecular flexibility index (Phi) is 13.3. The minimum absolute atomic E-state index is 0.392. The molecule has 0 saturated heterocycles. The first-order valence-electron chi connectivity index (χ1n) is 9.35. The van der Waals surface area contributed by atoms with Crippen molar-refractivity contribution in [3.63, 3.8) is 0 Å². The van der Waals surface area contributed by atoms with Crippen LogP contribution in [-0.2, 0) is 9.09 Å². The molecule has 24 heavy (non-hydrogen) atoms. The van der Waals surface area contributed by atoms with Gasteiger partial charge in [-0.05, 0) is 12.8 Å². The number of phosphoric acid groups is 1. The summed E-state index contributed by atoms with van der Waals surface area (Å²) in [6, 6.07) is 0. The van der Waals surface area contributed by atoms with Gasteiger partial charge in [-0.2, -0.15) is 0 Å². The molecule has 0 saturated carbocycles. The summed E-state index contributed by atoms with van der Waals surface area (Å²) in [6.07, 6.45) is 12.0. The summed E-state index contributed by atoms with van der Waals surface area (Å²) in [6.45, 7) is 3.18. The molecule has 2 N–H and O–H groups in total. The summed E-state index contributed by atoms with van der Waals surface area (Å²) in [5, 5.41) is 9.80. The molecule has 0 radical (unpaired) electrons. The van der Waals surface area contributed by atoms with Crippen molar-refractivity contribution in [2.75, 3.05) is 33.8 Å². The highest BCUT2D eigenvalue weighted by Gasteiger charge is 2.21. The average Bonchev–Trinajstić information content (AvgIpc) is 2.46. The number of quaternary nitrogens is 1. The molecule has 7 heteroatoms. The van der Waals surface area contributed by atoms with Crippen LogP contribution < -0.4 is 4.89 Å². The van der Waals surface area contributed by atoms with Gasteiger partial charge in [0.05, 0.1) is 27.2 Å². The second-order valence-corrected chi connectivity index (χ2v) is 8.64. The molecule has 0 spiro atoms. The topological polar surface area (TPSA) is 89.8 Å². The van der Waals surface area contributed by atoms with Crippen molar-refractivity contribution in [2.45, 2.75) is 77.2 Å². The highest BCUT2D eigenvalue weighted by atomic mass is 31.2. The molecule has 2 unspecified atom stereocenters. The van der Waals surface area contributed by atoms with E-state index in [0.29, 0.717) is 11.0 Å². The minimum atomic E-state index is -4.75. The molecule has 0 bridgehead atoms. The number of aliphatic hydroxyl groups is 1. The first kappa shape index (κ1) is 24.0. The van der Waals surface area contributed by atoms with Crippen LogP contribution in [0.2, 0.25) is 0 Å². The molecule has 0 aromatic heterocycles. The summed E-state index contributed by atoms with van der Waals surface area (Å²) >= 11 is 0. The molecule has 0 fully saturated rings. The number of aliphatic hydroxyl groups excluding tert-OH is 1. The molecule has 0 aliphatic heterocycles. The van der Waals surface area contributed by atoms with E-state index in [-0.39, 0.29) is 0 Å². The molecule has 0 aliphatic carbocycles. The first-order chi connectivity index (χ1) is 11.2. The van der Waals surface area contributed by atoms with Gasteiger partial charge in [-0.15, -0.1) is 0 Å². The summed E-state index contributed by atoms with van der Waals surface area (Å²) in [4.78, 5) is 19.0. The Hall–Kier alpha value is 0.0300. The van der Waals surface area contributed by atoms with Gasteiger partial charge in [-0.3, -0.25) is 4.57 Å². The van der Waals surface area contributed by atoms with Crippen LogP contribution in [-0.4, -0.2) is 54.4 Å². The third kappa shape index (κ3) is 16.9. The van der Waals surface area contributed by atoms with Gasteiger partial charge in [0.25, 0.3) is 7.82 Å². The van der Waals surface area contributed by atoms with Crippen molar-refractivity contribution < 1.29 is 28.5 Å². The van der Waals surface area contributed by atoms with Crippen LogP contribution in [0.5, 0.6) is 0 Å². The molecule has 0 heterocycles. The minimum Gasteiger partial charge on any atom is -0.756 e. The van der Waals surface area contributed by atoms with Crippen LogP contribution in [0.3, 0.4) is 0 Å². The van der Waals surface area contributed by atoms with Gasteiger partial charge < -0.3 is 23.9 Å². The van der Waals surface area contributed by atoms with Crippen LogP contribution in [0.1, 0.15) is 71.1 Å². The van der Waals surface area contributed by atoms with Crippen LogP contribution in [0.25, 0.3) is 0 Å². The number of unbranched alkanes of at least 4 members (excludes halogenated alkanes) is 9. The molecule has 0 aromatic carbocycles. The van der Waals surface area contributed by atoms with Crippen molar-refractivity contribution in [1.29, 1.82) is 0 Å². The Labute approximate surface area is 148 Å². The van der Waals surface area contributed by atoms with Crippen LogP contribution >= 0.6 is 7.82 Å². The third-order valence-electron chi connectivity index (χ3n) is 4.25. The summed E-state index contributed by atoms with van der Waals surface area (Å²) in [5.41, 5.74) is 0. The molecule has 0 aromatic rings. The van der Waals surface area contributed by atoms with E-state index in [1.165, 1.54) is 57.8 Å². The highest BCUT2D eigenvalue weighted by Crippen LogP contribution is 2.30.